The van der Waals surface area contributed by atoms with E-state index in [1.54, 1.807) is 18.2 Å². The molecule has 4 rings (SSSR count). The topological polar surface area (TPSA) is 78.1 Å². The van der Waals surface area contributed by atoms with Crippen molar-refractivity contribution < 1.29 is 23.7 Å². The van der Waals surface area contributed by atoms with E-state index in [-0.39, 0.29) is 19.6 Å². The lowest BCUT2D eigenvalue weighted by molar-refractivity contribution is 0.173. The molecule has 0 fully saturated rings. The summed E-state index contributed by atoms with van der Waals surface area (Å²) in [5.74, 6) is 2.72. The molecular weight excluding hydrogens is 300 g/mol. The van der Waals surface area contributed by atoms with E-state index in [0.29, 0.717) is 29.5 Å². The molecule has 0 unspecified atom stereocenters. The summed E-state index contributed by atoms with van der Waals surface area (Å²) in [7, 11) is 0. The first-order chi connectivity index (χ1) is 11.3. The van der Waals surface area contributed by atoms with Crippen LogP contribution in [0.2, 0.25) is 0 Å². The molecule has 0 aliphatic carbocycles. The largest absolute Gasteiger partial charge is 0.454 e. The summed E-state index contributed by atoms with van der Waals surface area (Å²) < 4.78 is 21.1. The molecule has 0 atom stereocenters. The van der Waals surface area contributed by atoms with Gasteiger partial charge in [0.2, 0.25) is 13.6 Å². The molecule has 0 radical (unpaired) electrons. The van der Waals surface area contributed by atoms with Crippen LogP contribution < -0.4 is 29.6 Å². The molecule has 2 aliphatic rings. The third-order valence-electron chi connectivity index (χ3n) is 3.52. The molecule has 2 heterocycles. The molecular formula is C16H14N2O5. The van der Waals surface area contributed by atoms with Crippen LogP contribution in [0.25, 0.3) is 0 Å². The number of hydrogen-bond acceptors (Lipinski definition) is 5. The normalized spacial score (nSPS) is 13.7. The van der Waals surface area contributed by atoms with Gasteiger partial charge in [-0.1, -0.05) is 6.07 Å². The van der Waals surface area contributed by atoms with Gasteiger partial charge in [-0.25, -0.2) is 4.79 Å². The Balaban J connectivity index is 1.35. The Bertz CT molecular complexity index is 762. The molecule has 2 amide bonds. The maximum absolute atomic E-state index is 12.0. The van der Waals surface area contributed by atoms with Gasteiger partial charge in [0, 0.05) is 18.3 Å². The highest BCUT2D eigenvalue weighted by molar-refractivity contribution is 5.89. The standard InChI is InChI=1S/C16H14N2O5/c19-16(18-11-2-4-13-15(6-11)23-9-21-13)17-7-10-1-3-12-14(5-10)22-8-20-12/h1-6H,7-9H2,(H2,17,18,19). The van der Waals surface area contributed by atoms with Crippen molar-refractivity contribution in [2.24, 2.45) is 0 Å². The van der Waals surface area contributed by atoms with Gasteiger partial charge in [-0.3, -0.25) is 0 Å². The minimum absolute atomic E-state index is 0.203. The van der Waals surface area contributed by atoms with Gasteiger partial charge in [0.1, 0.15) is 0 Å². The van der Waals surface area contributed by atoms with Crippen LogP contribution in [0.5, 0.6) is 23.0 Å². The van der Waals surface area contributed by atoms with Crippen LogP contribution in [0, 0.1) is 0 Å². The summed E-state index contributed by atoms with van der Waals surface area (Å²) in [5, 5.41) is 5.54. The van der Waals surface area contributed by atoms with Gasteiger partial charge >= 0.3 is 6.03 Å². The lowest BCUT2D eigenvalue weighted by Crippen LogP contribution is -2.28. The van der Waals surface area contributed by atoms with Gasteiger partial charge < -0.3 is 29.6 Å². The number of rotatable bonds is 3. The van der Waals surface area contributed by atoms with Crippen LogP contribution in [0.1, 0.15) is 5.56 Å². The van der Waals surface area contributed by atoms with E-state index in [0.717, 1.165) is 11.3 Å². The van der Waals surface area contributed by atoms with E-state index >= 15 is 0 Å². The average Bonchev–Trinajstić information content (AvgIpc) is 3.20. The van der Waals surface area contributed by atoms with Crippen molar-refractivity contribution in [1.29, 1.82) is 0 Å². The van der Waals surface area contributed by atoms with Gasteiger partial charge in [0.25, 0.3) is 0 Å². The molecule has 0 bridgehead atoms. The SMILES string of the molecule is O=C(NCc1ccc2c(c1)OCO2)Nc1ccc2c(c1)OCO2. The zero-order valence-electron chi connectivity index (χ0n) is 12.1. The van der Waals surface area contributed by atoms with Crippen molar-refractivity contribution in [3.63, 3.8) is 0 Å². The lowest BCUT2D eigenvalue weighted by atomic mass is 10.2. The predicted octanol–water partition coefficient (Wildman–Crippen LogP) is 2.47. The Labute approximate surface area is 132 Å². The predicted molar refractivity (Wildman–Crippen MR) is 81.0 cm³/mol. The fourth-order valence-electron chi connectivity index (χ4n) is 2.38. The fraction of sp³-hybridized carbons (Fsp3) is 0.188. The summed E-state index contributed by atoms with van der Waals surface area (Å²) in [4.78, 5) is 12.0. The highest BCUT2D eigenvalue weighted by Gasteiger charge is 2.15. The van der Waals surface area contributed by atoms with Crippen LogP contribution in [-0.2, 0) is 6.54 Å². The van der Waals surface area contributed by atoms with Crippen molar-refractivity contribution in [2.45, 2.75) is 6.54 Å². The van der Waals surface area contributed by atoms with E-state index in [4.69, 9.17) is 18.9 Å². The second-order valence-corrected chi connectivity index (χ2v) is 5.06. The van der Waals surface area contributed by atoms with Gasteiger partial charge in [-0.2, -0.15) is 0 Å². The number of urea groups is 1. The second kappa shape index (κ2) is 5.60. The summed E-state index contributed by atoms with van der Waals surface area (Å²) in [6.45, 7) is 0.818. The Hall–Kier alpha value is -3.09. The highest BCUT2D eigenvalue weighted by atomic mass is 16.7. The van der Waals surface area contributed by atoms with Crippen LogP contribution in [0.4, 0.5) is 10.5 Å². The molecule has 0 aromatic heterocycles. The number of fused-ring (bicyclic) bond motifs is 2. The minimum atomic E-state index is -0.304. The molecule has 118 valence electrons. The first-order valence-electron chi connectivity index (χ1n) is 7.11. The zero-order valence-corrected chi connectivity index (χ0v) is 12.1. The summed E-state index contributed by atoms with van der Waals surface area (Å²) >= 11 is 0. The van der Waals surface area contributed by atoms with Crippen molar-refractivity contribution >= 4 is 11.7 Å². The number of carbonyl (C=O) groups is 1. The highest BCUT2D eigenvalue weighted by Crippen LogP contribution is 2.34. The molecule has 0 saturated heterocycles. The van der Waals surface area contributed by atoms with Crippen molar-refractivity contribution in [2.75, 3.05) is 18.9 Å². The van der Waals surface area contributed by atoms with Gasteiger partial charge in [-0.15, -0.1) is 0 Å². The van der Waals surface area contributed by atoms with E-state index in [1.165, 1.54) is 0 Å². The lowest BCUT2D eigenvalue weighted by Gasteiger charge is -2.09. The van der Waals surface area contributed by atoms with Gasteiger partial charge in [0.05, 0.1) is 0 Å². The first-order valence-corrected chi connectivity index (χ1v) is 7.11. The van der Waals surface area contributed by atoms with Crippen molar-refractivity contribution in [3.05, 3.63) is 42.0 Å². The molecule has 2 N–H and O–H groups in total. The third-order valence-corrected chi connectivity index (χ3v) is 3.52. The van der Waals surface area contributed by atoms with E-state index in [2.05, 4.69) is 10.6 Å². The molecule has 7 nitrogen and oxygen atoms in total. The van der Waals surface area contributed by atoms with E-state index in [9.17, 15) is 4.79 Å². The van der Waals surface area contributed by atoms with E-state index in [1.807, 2.05) is 18.2 Å². The number of carbonyl (C=O) groups excluding carboxylic acids is 1. The molecule has 2 aromatic carbocycles. The number of benzene rings is 2. The van der Waals surface area contributed by atoms with Crippen molar-refractivity contribution in [3.8, 4) is 23.0 Å². The average molecular weight is 314 g/mol. The molecule has 0 saturated carbocycles. The Kier molecular flexibility index (Phi) is 3.30. The maximum atomic E-state index is 12.0. The van der Waals surface area contributed by atoms with Crippen molar-refractivity contribution in [1.82, 2.24) is 5.32 Å². The Morgan fingerprint density at radius 2 is 1.52 bits per heavy atom. The Morgan fingerprint density at radius 3 is 2.30 bits per heavy atom. The summed E-state index contributed by atoms with van der Waals surface area (Å²) in [6.07, 6.45) is 0. The summed E-state index contributed by atoms with van der Waals surface area (Å²) in [5.41, 5.74) is 1.56. The second-order valence-electron chi connectivity index (χ2n) is 5.06. The van der Waals surface area contributed by atoms with Crippen LogP contribution in [0.15, 0.2) is 36.4 Å². The third kappa shape index (κ3) is 2.80. The number of hydrogen-bond donors (Lipinski definition) is 2. The van der Waals surface area contributed by atoms with Gasteiger partial charge in [0.15, 0.2) is 23.0 Å². The maximum Gasteiger partial charge on any atom is 0.319 e. The monoisotopic (exact) mass is 314 g/mol. The molecule has 2 aliphatic heterocycles. The molecule has 0 spiro atoms. The smallest absolute Gasteiger partial charge is 0.319 e. The van der Waals surface area contributed by atoms with Gasteiger partial charge in [-0.05, 0) is 29.8 Å². The molecule has 2 aromatic rings. The number of ether oxygens (including phenoxy) is 4. The van der Waals surface area contributed by atoms with E-state index < -0.39 is 0 Å². The van der Waals surface area contributed by atoms with Crippen LogP contribution in [0.3, 0.4) is 0 Å². The van der Waals surface area contributed by atoms with Crippen LogP contribution in [-0.4, -0.2) is 19.6 Å². The quantitative estimate of drug-likeness (QED) is 0.910. The zero-order chi connectivity index (χ0) is 15.6. The number of amides is 2. The van der Waals surface area contributed by atoms with Crippen LogP contribution >= 0.6 is 0 Å². The first kappa shape index (κ1) is 13.6. The summed E-state index contributed by atoms with van der Waals surface area (Å²) in [6, 6.07) is 10.5. The number of anilines is 1. The molecule has 23 heavy (non-hydrogen) atoms. The minimum Gasteiger partial charge on any atom is -0.454 e. The number of nitrogens with one attached hydrogen (secondary N) is 2. The molecule has 7 heteroatoms. The fourth-order valence-corrected chi connectivity index (χ4v) is 2.38. The Morgan fingerprint density at radius 1 is 0.870 bits per heavy atom.